The van der Waals surface area contributed by atoms with Gasteiger partial charge in [-0.1, -0.05) is 30.3 Å². The first-order valence-corrected chi connectivity index (χ1v) is 8.29. The average molecular weight is 340 g/mol. The molecule has 0 fully saturated rings. The number of pyridine rings is 3. The standard InChI is InChI=1S/C21H16N4O/c26-21(24-14-15-6-5-10-22-13-15)17-12-20(19-9-3-4-11-23-19)25-18-8-2-1-7-16(17)18/h1-13H,14H2,(H,24,26). The normalized spacial score (nSPS) is 10.6. The Morgan fingerprint density at radius 3 is 2.62 bits per heavy atom. The van der Waals surface area contributed by atoms with Crippen molar-refractivity contribution in [3.8, 4) is 11.4 Å². The second-order valence-electron chi connectivity index (χ2n) is 5.83. The molecule has 0 bridgehead atoms. The summed E-state index contributed by atoms with van der Waals surface area (Å²) in [6, 6.07) is 18.8. The number of benzene rings is 1. The van der Waals surface area contributed by atoms with Crippen LogP contribution in [0.15, 0.2) is 79.3 Å². The molecule has 26 heavy (non-hydrogen) atoms. The smallest absolute Gasteiger partial charge is 0.252 e. The van der Waals surface area contributed by atoms with E-state index in [1.54, 1.807) is 24.7 Å². The zero-order valence-corrected chi connectivity index (χ0v) is 14.0. The highest BCUT2D eigenvalue weighted by Crippen LogP contribution is 2.23. The first kappa shape index (κ1) is 15.9. The van der Waals surface area contributed by atoms with E-state index in [0.717, 1.165) is 22.2 Å². The van der Waals surface area contributed by atoms with Gasteiger partial charge in [-0.2, -0.15) is 0 Å². The van der Waals surface area contributed by atoms with Crippen LogP contribution >= 0.6 is 0 Å². The van der Waals surface area contributed by atoms with E-state index in [-0.39, 0.29) is 5.91 Å². The van der Waals surface area contributed by atoms with Crippen LogP contribution in [0.5, 0.6) is 0 Å². The van der Waals surface area contributed by atoms with Crippen LogP contribution in [-0.2, 0) is 6.54 Å². The van der Waals surface area contributed by atoms with Crippen molar-refractivity contribution < 1.29 is 4.79 Å². The number of carbonyl (C=O) groups excluding carboxylic acids is 1. The van der Waals surface area contributed by atoms with Gasteiger partial charge in [-0.25, -0.2) is 4.98 Å². The number of hydrogen-bond donors (Lipinski definition) is 1. The van der Waals surface area contributed by atoms with E-state index in [0.29, 0.717) is 17.8 Å². The molecule has 5 heteroatoms. The maximum atomic E-state index is 12.8. The van der Waals surface area contributed by atoms with E-state index in [2.05, 4.69) is 20.3 Å². The summed E-state index contributed by atoms with van der Waals surface area (Å²) in [6.45, 7) is 0.419. The first-order valence-electron chi connectivity index (χ1n) is 8.29. The number of rotatable bonds is 4. The molecule has 0 radical (unpaired) electrons. The van der Waals surface area contributed by atoms with Crippen LogP contribution in [0, 0.1) is 0 Å². The van der Waals surface area contributed by atoms with Gasteiger partial charge in [0.05, 0.1) is 22.5 Å². The molecule has 0 aliphatic heterocycles. The molecule has 0 spiro atoms. The van der Waals surface area contributed by atoms with Gasteiger partial charge >= 0.3 is 0 Å². The maximum absolute atomic E-state index is 12.8. The Balaban J connectivity index is 1.72. The van der Waals surface area contributed by atoms with Crippen molar-refractivity contribution in [2.75, 3.05) is 0 Å². The fourth-order valence-corrected chi connectivity index (χ4v) is 2.79. The second kappa shape index (κ2) is 7.11. The topological polar surface area (TPSA) is 67.8 Å². The minimum absolute atomic E-state index is 0.148. The summed E-state index contributed by atoms with van der Waals surface area (Å²) in [6.07, 6.45) is 5.17. The summed E-state index contributed by atoms with van der Waals surface area (Å²) < 4.78 is 0. The van der Waals surface area contributed by atoms with E-state index in [9.17, 15) is 4.79 Å². The minimum Gasteiger partial charge on any atom is -0.348 e. The lowest BCUT2D eigenvalue weighted by molar-refractivity contribution is 0.0952. The van der Waals surface area contributed by atoms with Crippen molar-refractivity contribution in [1.29, 1.82) is 0 Å². The van der Waals surface area contributed by atoms with Crippen molar-refractivity contribution >= 4 is 16.8 Å². The molecule has 0 saturated heterocycles. The lowest BCUT2D eigenvalue weighted by Crippen LogP contribution is -2.23. The summed E-state index contributed by atoms with van der Waals surface area (Å²) in [4.78, 5) is 25.9. The van der Waals surface area contributed by atoms with Crippen LogP contribution in [-0.4, -0.2) is 20.9 Å². The summed E-state index contributed by atoms with van der Waals surface area (Å²) in [5.41, 5.74) is 3.71. The summed E-state index contributed by atoms with van der Waals surface area (Å²) in [5, 5.41) is 3.77. The van der Waals surface area contributed by atoms with Crippen LogP contribution in [0.25, 0.3) is 22.3 Å². The summed E-state index contributed by atoms with van der Waals surface area (Å²) in [5.74, 6) is -0.148. The van der Waals surface area contributed by atoms with Crippen LogP contribution in [0.2, 0.25) is 0 Å². The van der Waals surface area contributed by atoms with Gasteiger partial charge in [-0.05, 0) is 35.9 Å². The van der Waals surface area contributed by atoms with Gasteiger partial charge in [-0.3, -0.25) is 14.8 Å². The fraction of sp³-hybridized carbons (Fsp3) is 0.0476. The van der Waals surface area contributed by atoms with Crippen LogP contribution in [0.4, 0.5) is 0 Å². The third kappa shape index (κ3) is 3.28. The van der Waals surface area contributed by atoms with Gasteiger partial charge in [0.1, 0.15) is 0 Å². The van der Waals surface area contributed by atoms with Gasteiger partial charge in [-0.15, -0.1) is 0 Å². The number of nitrogens with zero attached hydrogens (tertiary/aromatic N) is 3. The van der Waals surface area contributed by atoms with Gasteiger partial charge in [0.15, 0.2) is 0 Å². The number of aromatic nitrogens is 3. The molecular formula is C21H16N4O. The Labute approximate surface area is 150 Å². The second-order valence-corrected chi connectivity index (χ2v) is 5.83. The molecule has 1 aromatic carbocycles. The average Bonchev–Trinajstić information content (AvgIpc) is 2.72. The van der Waals surface area contributed by atoms with Gasteiger partial charge in [0, 0.05) is 30.5 Å². The third-order valence-corrected chi connectivity index (χ3v) is 4.06. The number of amides is 1. The molecule has 126 valence electrons. The predicted molar refractivity (Wildman–Crippen MR) is 100 cm³/mol. The van der Waals surface area contributed by atoms with Gasteiger partial charge < -0.3 is 5.32 Å². The van der Waals surface area contributed by atoms with Crippen LogP contribution < -0.4 is 5.32 Å². The molecule has 0 aliphatic carbocycles. The molecule has 5 nitrogen and oxygen atoms in total. The van der Waals surface area contributed by atoms with E-state index in [1.165, 1.54) is 0 Å². The van der Waals surface area contributed by atoms with E-state index < -0.39 is 0 Å². The molecule has 3 heterocycles. The quantitative estimate of drug-likeness (QED) is 0.616. The van der Waals surface area contributed by atoms with Crippen molar-refractivity contribution in [1.82, 2.24) is 20.3 Å². The molecule has 0 atom stereocenters. The monoisotopic (exact) mass is 340 g/mol. The molecule has 0 saturated carbocycles. The zero-order valence-electron chi connectivity index (χ0n) is 14.0. The Hall–Kier alpha value is -3.60. The SMILES string of the molecule is O=C(NCc1cccnc1)c1cc(-c2ccccn2)nc2ccccc12. The Morgan fingerprint density at radius 2 is 1.81 bits per heavy atom. The zero-order chi connectivity index (χ0) is 17.8. The number of hydrogen-bond acceptors (Lipinski definition) is 4. The first-order chi connectivity index (χ1) is 12.8. The van der Waals surface area contributed by atoms with Crippen molar-refractivity contribution in [2.45, 2.75) is 6.54 Å². The van der Waals surface area contributed by atoms with Crippen molar-refractivity contribution in [2.24, 2.45) is 0 Å². The van der Waals surface area contributed by atoms with E-state index in [4.69, 9.17) is 0 Å². The minimum atomic E-state index is -0.148. The molecule has 0 unspecified atom stereocenters. The highest BCUT2D eigenvalue weighted by molar-refractivity contribution is 6.07. The summed E-state index contributed by atoms with van der Waals surface area (Å²) in [7, 11) is 0. The molecular weight excluding hydrogens is 324 g/mol. The summed E-state index contributed by atoms with van der Waals surface area (Å²) >= 11 is 0. The highest BCUT2D eigenvalue weighted by atomic mass is 16.1. The van der Waals surface area contributed by atoms with Crippen molar-refractivity contribution in [3.63, 3.8) is 0 Å². The Bertz CT molecular complexity index is 1050. The maximum Gasteiger partial charge on any atom is 0.252 e. The van der Waals surface area contributed by atoms with E-state index in [1.807, 2.05) is 54.6 Å². The Morgan fingerprint density at radius 1 is 0.923 bits per heavy atom. The number of carbonyl (C=O) groups is 1. The van der Waals surface area contributed by atoms with Crippen molar-refractivity contribution in [3.05, 3.63) is 90.4 Å². The fourth-order valence-electron chi connectivity index (χ4n) is 2.79. The number of nitrogens with one attached hydrogen (secondary N) is 1. The highest BCUT2D eigenvalue weighted by Gasteiger charge is 2.14. The lowest BCUT2D eigenvalue weighted by atomic mass is 10.1. The Kier molecular flexibility index (Phi) is 4.35. The van der Waals surface area contributed by atoms with E-state index >= 15 is 0 Å². The molecule has 4 rings (SSSR count). The lowest BCUT2D eigenvalue weighted by Gasteiger charge is -2.10. The van der Waals surface area contributed by atoms with Crippen LogP contribution in [0.3, 0.4) is 0 Å². The molecule has 4 aromatic rings. The number of fused-ring (bicyclic) bond motifs is 1. The largest absolute Gasteiger partial charge is 0.348 e. The van der Waals surface area contributed by atoms with Gasteiger partial charge in [0.25, 0.3) is 5.91 Å². The third-order valence-electron chi connectivity index (χ3n) is 4.06. The number of para-hydroxylation sites is 1. The predicted octanol–water partition coefficient (Wildman–Crippen LogP) is 3.62. The molecule has 1 amide bonds. The molecule has 1 N–H and O–H groups in total. The van der Waals surface area contributed by atoms with Gasteiger partial charge in [0.2, 0.25) is 0 Å². The van der Waals surface area contributed by atoms with Crippen LogP contribution in [0.1, 0.15) is 15.9 Å². The molecule has 0 aliphatic rings. The molecule has 3 aromatic heterocycles.